The highest BCUT2D eigenvalue weighted by atomic mass is 16.3. The van der Waals surface area contributed by atoms with E-state index < -0.39 is 0 Å². The Morgan fingerprint density at radius 1 is 1.50 bits per heavy atom. The summed E-state index contributed by atoms with van der Waals surface area (Å²) < 4.78 is 0. The lowest BCUT2D eigenvalue weighted by molar-refractivity contribution is 0.128. The van der Waals surface area contributed by atoms with Crippen molar-refractivity contribution < 1.29 is 5.11 Å². The van der Waals surface area contributed by atoms with E-state index in [-0.39, 0.29) is 12.1 Å². The second-order valence-electron chi connectivity index (χ2n) is 3.95. The first-order chi connectivity index (χ1) is 6.68. The number of anilines is 1. The molecule has 1 heterocycles. The number of likely N-dealkylation sites (N-methyl/N-ethyl adjacent to an activating group) is 1. The van der Waals surface area contributed by atoms with Crippen molar-refractivity contribution in [1.29, 1.82) is 0 Å². The van der Waals surface area contributed by atoms with Gasteiger partial charge in [0.15, 0.2) is 0 Å². The number of nitrogens with two attached hydrogens (primary N) is 1. The van der Waals surface area contributed by atoms with Gasteiger partial charge in [-0.2, -0.15) is 0 Å². The number of likely N-dealkylation sites (tertiary alicyclic amines) is 1. The van der Waals surface area contributed by atoms with Crippen LogP contribution in [0.1, 0.15) is 18.0 Å². The summed E-state index contributed by atoms with van der Waals surface area (Å²) in [5, 5.41) is 9.82. The van der Waals surface area contributed by atoms with Gasteiger partial charge >= 0.3 is 0 Å². The van der Waals surface area contributed by atoms with Crippen molar-refractivity contribution in [2.45, 2.75) is 18.6 Å². The first-order valence-electron chi connectivity index (χ1n) is 4.92. The Morgan fingerprint density at radius 2 is 2.29 bits per heavy atom. The topological polar surface area (TPSA) is 49.5 Å². The molecule has 0 spiro atoms. The number of aliphatic hydroxyl groups is 1. The van der Waals surface area contributed by atoms with Gasteiger partial charge in [-0.1, -0.05) is 12.1 Å². The maximum atomic E-state index is 9.82. The summed E-state index contributed by atoms with van der Waals surface area (Å²) in [5.41, 5.74) is 7.59. The van der Waals surface area contributed by atoms with E-state index in [1.807, 2.05) is 31.3 Å². The molecule has 14 heavy (non-hydrogen) atoms. The molecule has 1 aliphatic rings. The molecule has 1 fully saturated rings. The van der Waals surface area contributed by atoms with E-state index in [1.165, 1.54) is 0 Å². The minimum Gasteiger partial charge on any atom is -0.399 e. The van der Waals surface area contributed by atoms with Crippen molar-refractivity contribution in [3.05, 3.63) is 29.8 Å². The fourth-order valence-electron chi connectivity index (χ4n) is 2.15. The third kappa shape index (κ3) is 1.61. The average Bonchev–Trinajstić information content (AvgIpc) is 2.46. The summed E-state index contributed by atoms with van der Waals surface area (Å²) in [6, 6.07) is 7.87. The Bertz CT molecular complexity index is 317. The van der Waals surface area contributed by atoms with E-state index in [0.717, 1.165) is 24.2 Å². The summed E-state index contributed by atoms with van der Waals surface area (Å²) >= 11 is 0. The lowest BCUT2D eigenvalue weighted by Crippen LogP contribution is -2.23. The number of hydrogen-bond donors (Lipinski definition) is 2. The molecule has 2 atom stereocenters. The van der Waals surface area contributed by atoms with Crippen molar-refractivity contribution in [3.63, 3.8) is 0 Å². The van der Waals surface area contributed by atoms with E-state index in [4.69, 9.17) is 5.73 Å². The molecule has 0 amide bonds. The van der Waals surface area contributed by atoms with Gasteiger partial charge in [-0.25, -0.2) is 0 Å². The van der Waals surface area contributed by atoms with Gasteiger partial charge in [0.1, 0.15) is 0 Å². The molecule has 0 bridgehead atoms. The van der Waals surface area contributed by atoms with Crippen LogP contribution in [0, 0.1) is 0 Å². The SMILES string of the molecule is CN1CCC(O)C1c1cccc(N)c1. The van der Waals surface area contributed by atoms with Crippen LogP contribution in [0.3, 0.4) is 0 Å². The number of benzene rings is 1. The molecule has 0 aromatic heterocycles. The van der Waals surface area contributed by atoms with Gasteiger partial charge in [-0.3, -0.25) is 4.90 Å². The number of rotatable bonds is 1. The van der Waals surface area contributed by atoms with Crippen LogP contribution in [-0.4, -0.2) is 29.7 Å². The van der Waals surface area contributed by atoms with Crippen LogP contribution in [-0.2, 0) is 0 Å². The number of hydrogen-bond acceptors (Lipinski definition) is 3. The Labute approximate surface area is 84.1 Å². The Balaban J connectivity index is 2.29. The van der Waals surface area contributed by atoms with Crippen LogP contribution in [0.25, 0.3) is 0 Å². The molecule has 0 aliphatic carbocycles. The highest BCUT2D eigenvalue weighted by molar-refractivity contribution is 5.42. The summed E-state index contributed by atoms with van der Waals surface area (Å²) in [4.78, 5) is 2.17. The molecular formula is C11H16N2O. The van der Waals surface area contributed by atoms with Crippen LogP contribution in [0.4, 0.5) is 5.69 Å². The molecule has 1 aromatic rings. The lowest BCUT2D eigenvalue weighted by atomic mass is 10.0. The first-order valence-corrected chi connectivity index (χ1v) is 4.92. The van der Waals surface area contributed by atoms with Gasteiger partial charge in [0.2, 0.25) is 0 Å². The minimum atomic E-state index is -0.262. The van der Waals surface area contributed by atoms with Crippen molar-refractivity contribution in [3.8, 4) is 0 Å². The molecule has 1 saturated heterocycles. The summed E-state index contributed by atoms with van der Waals surface area (Å²) in [6.07, 6.45) is 0.581. The third-order valence-corrected chi connectivity index (χ3v) is 2.87. The van der Waals surface area contributed by atoms with Crippen LogP contribution >= 0.6 is 0 Å². The van der Waals surface area contributed by atoms with Crippen LogP contribution in [0.2, 0.25) is 0 Å². The van der Waals surface area contributed by atoms with Crippen molar-refractivity contribution in [1.82, 2.24) is 4.90 Å². The summed E-state index contributed by atoms with van der Waals surface area (Å²) in [5.74, 6) is 0. The van der Waals surface area contributed by atoms with E-state index in [1.54, 1.807) is 0 Å². The number of aliphatic hydroxyl groups excluding tert-OH is 1. The predicted molar refractivity (Wildman–Crippen MR) is 56.8 cm³/mol. The second kappa shape index (κ2) is 3.59. The summed E-state index contributed by atoms with van der Waals surface area (Å²) in [7, 11) is 2.03. The van der Waals surface area contributed by atoms with E-state index >= 15 is 0 Å². The highest BCUT2D eigenvalue weighted by Gasteiger charge is 2.31. The number of nitrogen functional groups attached to an aromatic ring is 1. The fourth-order valence-corrected chi connectivity index (χ4v) is 2.15. The van der Waals surface area contributed by atoms with Gasteiger partial charge < -0.3 is 10.8 Å². The smallest absolute Gasteiger partial charge is 0.0749 e. The molecule has 3 nitrogen and oxygen atoms in total. The van der Waals surface area contributed by atoms with Crippen molar-refractivity contribution >= 4 is 5.69 Å². The molecule has 1 aliphatic heterocycles. The lowest BCUT2D eigenvalue weighted by Gasteiger charge is -2.22. The Morgan fingerprint density at radius 3 is 2.86 bits per heavy atom. The second-order valence-corrected chi connectivity index (χ2v) is 3.95. The Hall–Kier alpha value is -1.06. The van der Waals surface area contributed by atoms with Gasteiger partial charge in [-0.05, 0) is 31.2 Å². The van der Waals surface area contributed by atoms with Crippen LogP contribution in [0.5, 0.6) is 0 Å². The molecule has 3 N–H and O–H groups in total. The fraction of sp³-hybridized carbons (Fsp3) is 0.455. The zero-order valence-corrected chi connectivity index (χ0v) is 8.35. The molecule has 0 radical (unpaired) electrons. The maximum absolute atomic E-state index is 9.82. The monoisotopic (exact) mass is 192 g/mol. The Kier molecular flexibility index (Phi) is 2.44. The average molecular weight is 192 g/mol. The van der Waals surface area contributed by atoms with E-state index in [9.17, 15) is 5.11 Å². The quantitative estimate of drug-likeness (QED) is 0.653. The zero-order valence-electron chi connectivity index (χ0n) is 8.35. The van der Waals surface area contributed by atoms with Gasteiger partial charge in [-0.15, -0.1) is 0 Å². The van der Waals surface area contributed by atoms with Crippen molar-refractivity contribution in [2.75, 3.05) is 19.3 Å². The standard InChI is InChI=1S/C11H16N2O/c1-13-6-5-10(14)11(13)8-3-2-4-9(12)7-8/h2-4,7,10-11,14H,5-6,12H2,1H3. The molecule has 0 saturated carbocycles. The minimum absolute atomic E-state index is 0.110. The molecule has 3 heteroatoms. The maximum Gasteiger partial charge on any atom is 0.0749 e. The first kappa shape index (κ1) is 9.49. The van der Waals surface area contributed by atoms with Crippen molar-refractivity contribution in [2.24, 2.45) is 0 Å². The molecule has 1 aromatic carbocycles. The molecular weight excluding hydrogens is 176 g/mol. The van der Waals surface area contributed by atoms with Gasteiger partial charge in [0.05, 0.1) is 12.1 Å². The molecule has 2 rings (SSSR count). The zero-order chi connectivity index (χ0) is 10.1. The normalized spacial score (nSPS) is 28.1. The molecule has 2 unspecified atom stereocenters. The van der Waals surface area contributed by atoms with Gasteiger partial charge in [0, 0.05) is 12.2 Å². The van der Waals surface area contributed by atoms with Crippen LogP contribution in [0.15, 0.2) is 24.3 Å². The van der Waals surface area contributed by atoms with Gasteiger partial charge in [0.25, 0.3) is 0 Å². The van der Waals surface area contributed by atoms with E-state index in [2.05, 4.69) is 4.90 Å². The predicted octanol–water partition coefficient (Wildman–Crippen LogP) is 1.01. The summed E-state index contributed by atoms with van der Waals surface area (Å²) in [6.45, 7) is 0.945. The highest BCUT2D eigenvalue weighted by Crippen LogP contribution is 2.31. The van der Waals surface area contributed by atoms with Crippen LogP contribution < -0.4 is 5.73 Å². The largest absolute Gasteiger partial charge is 0.399 e. The number of nitrogens with zero attached hydrogens (tertiary/aromatic N) is 1. The molecule has 76 valence electrons. The third-order valence-electron chi connectivity index (χ3n) is 2.87. The van der Waals surface area contributed by atoms with E-state index in [0.29, 0.717) is 0 Å².